The Bertz CT molecular complexity index is 1840. The molecule has 6 nitrogen and oxygen atoms in total. The van der Waals surface area contributed by atoms with E-state index in [-0.39, 0.29) is 37.5 Å². The zero-order valence-electron chi connectivity index (χ0n) is 53.7. The molecule has 0 fully saturated rings. The summed E-state index contributed by atoms with van der Waals surface area (Å²) in [4.78, 5) is 38.3. The van der Waals surface area contributed by atoms with Gasteiger partial charge in [0, 0.05) is 19.3 Å². The number of esters is 3. The Kier molecular flexibility index (Phi) is 65.4. The molecule has 0 amide bonds. The summed E-state index contributed by atoms with van der Waals surface area (Å²) >= 11 is 0. The van der Waals surface area contributed by atoms with E-state index < -0.39 is 6.10 Å². The van der Waals surface area contributed by atoms with Gasteiger partial charge in [-0.2, -0.15) is 0 Å². The molecule has 0 radical (unpaired) electrons. The molecule has 1 unspecified atom stereocenters. The Morgan fingerprint density at radius 3 is 0.783 bits per heavy atom. The van der Waals surface area contributed by atoms with Crippen molar-refractivity contribution in [3.63, 3.8) is 0 Å². The van der Waals surface area contributed by atoms with Gasteiger partial charge in [0.2, 0.25) is 0 Å². The third kappa shape index (κ3) is 67.7. The van der Waals surface area contributed by atoms with Gasteiger partial charge in [-0.15, -0.1) is 0 Å². The van der Waals surface area contributed by atoms with Crippen LogP contribution in [0.1, 0.15) is 290 Å². The van der Waals surface area contributed by atoms with Crippen molar-refractivity contribution in [2.75, 3.05) is 13.2 Å². The van der Waals surface area contributed by atoms with Crippen LogP contribution < -0.4 is 0 Å². The van der Waals surface area contributed by atoms with Crippen LogP contribution in [0.15, 0.2) is 158 Å². The molecule has 0 aromatic rings. The third-order valence-electron chi connectivity index (χ3n) is 14.0. The molecule has 0 aliphatic heterocycles. The first-order valence-electron chi connectivity index (χ1n) is 34.0. The molecule has 0 heterocycles. The number of unbranched alkanes of at least 4 members (excludes halogenated alkanes) is 23. The molecule has 0 rings (SSSR count). The second kappa shape index (κ2) is 69.5. The van der Waals surface area contributed by atoms with Gasteiger partial charge in [-0.05, 0) is 135 Å². The van der Waals surface area contributed by atoms with Crippen LogP contribution in [0.3, 0.4) is 0 Å². The fraction of sp³-hybridized carbons (Fsp3) is 0.623. The largest absolute Gasteiger partial charge is 0.462 e. The predicted molar refractivity (Wildman–Crippen MR) is 362 cm³/mol. The van der Waals surface area contributed by atoms with Crippen LogP contribution >= 0.6 is 0 Å². The van der Waals surface area contributed by atoms with Gasteiger partial charge < -0.3 is 14.2 Å². The van der Waals surface area contributed by atoms with Gasteiger partial charge in [-0.1, -0.05) is 294 Å². The first-order valence-corrected chi connectivity index (χ1v) is 34.0. The minimum absolute atomic E-state index is 0.108. The molecular weight excluding hydrogens is 1020 g/mol. The Balaban J connectivity index is 4.31. The normalized spacial score (nSPS) is 13.1. The highest BCUT2D eigenvalue weighted by molar-refractivity contribution is 5.71. The van der Waals surface area contributed by atoms with E-state index in [2.05, 4.69) is 179 Å². The summed E-state index contributed by atoms with van der Waals surface area (Å²) in [6.45, 7) is 6.32. The van der Waals surface area contributed by atoms with Crippen molar-refractivity contribution in [3.05, 3.63) is 158 Å². The minimum atomic E-state index is -0.819. The van der Waals surface area contributed by atoms with Crippen molar-refractivity contribution in [3.8, 4) is 0 Å². The third-order valence-corrected chi connectivity index (χ3v) is 14.0. The molecule has 0 aromatic heterocycles. The van der Waals surface area contributed by atoms with Crippen LogP contribution in [-0.2, 0) is 28.6 Å². The molecule has 0 aliphatic carbocycles. The zero-order valence-corrected chi connectivity index (χ0v) is 53.7. The van der Waals surface area contributed by atoms with E-state index in [0.29, 0.717) is 19.3 Å². The zero-order chi connectivity index (χ0) is 59.9. The minimum Gasteiger partial charge on any atom is -0.462 e. The SMILES string of the molecule is CC/C=C\C/C=C\C/C=C\C/C=C\C/C=C\C/C=C\C/C=C\CCCC(=O)OC(COC(=O)CCCCCCC/C=C\CCCC)COC(=O)CCCCCCCCCCCCCCCCC/C=C\C/C=C\C/C=C\C/C=C\C/C=C\CC. The van der Waals surface area contributed by atoms with Crippen LogP contribution in [-0.4, -0.2) is 37.2 Å². The maximum absolute atomic E-state index is 12.9. The van der Waals surface area contributed by atoms with Gasteiger partial charge in [0.25, 0.3) is 0 Å². The molecule has 83 heavy (non-hydrogen) atoms. The van der Waals surface area contributed by atoms with Crippen LogP contribution in [0.25, 0.3) is 0 Å². The van der Waals surface area contributed by atoms with Crippen molar-refractivity contribution < 1.29 is 28.6 Å². The molecule has 1 atom stereocenters. The first kappa shape index (κ1) is 78.0. The van der Waals surface area contributed by atoms with Crippen LogP contribution in [0.2, 0.25) is 0 Å². The van der Waals surface area contributed by atoms with Crippen LogP contribution in [0, 0.1) is 0 Å². The maximum Gasteiger partial charge on any atom is 0.306 e. The number of ether oxygens (including phenoxy) is 3. The van der Waals surface area contributed by atoms with E-state index in [1.165, 1.54) is 109 Å². The van der Waals surface area contributed by atoms with Crippen LogP contribution in [0.5, 0.6) is 0 Å². The molecular formula is C77H124O6. The van der Waals surface area contributed by atoms with Crippen molar-refractivity contribution in [1.82, 2.24) is 0 Å². The summed E-state index contributed by atoms with van der Waals surface area (Å²) in [5.74, 6) is -0.978. The van der Waals surface area contributed by atoms with Gasteiger partial charge in [0.15, 0.2) is 6.10 Å². The quantitative estimate of drug-likeness (QED) is 0.0261. The van der Waals surface area contributed by atoms with E-state index in [1.54, 1.807) is 0 Å². The second-order valence-corrected chi connectivity index (χ2v) is 22.0. The molecule has 6 heteroatoms. The van der Waals surface area contributed by atoms with E-state index in [4.69, 9.17) is 14.2 Å². The highest BCUT2D eigenvalue weighted by atomic mass is 16.6. The molecule has 0 N–H and O–H groups in total. The molecule has 0 bridgehead atoms. The second-order valence-electron chi connectivity index (χ2n) is 22.0. The van der Waals surface area contributed by atoms with Gasteiger partial charge in [0.05, 0.1) is 0 Å². The van der Waals surface area contributed by atoms with Gasteiger partial charge in [-0.25, -0.2) is 0 Å². The molecule has 0 aliphatic rings. The lowest BCUT2D eigenvalue weighted by atomic mass is 10.0. The summed E-state index contributed by atoms with van der Waals surface area (Å²) in [7, 11) is 0. The van der Waals surface area contributed by atoms with E-state index >= 15 is 0 Å². The van der Waals surface area contributed by atoms with Crippen LogP contribution in [0.4, 0.5) is 0 Å². The standard InChI is InChI=1S/C77H124O6/c1-4-7-10-13-16-19-22-24-26-28-30-32-34-35-36-37-38-39-40-41-43-44-46-48-50-52-55-58-61-64-67-70-76(79)82-73-74(72-81-75(78)69-66-63-60-57-54-21-18-15-12-9-6-3)83-77(80)71-68-65-62-59-56-53-51-49-47-45-42-33-31-29-27-25-23-20-17-14-11-8-5-2/h7-8,10-11,15-20,24-27,30-33,35-36,45,47,51,53,59,62,74H,4-6,9,12-14,21-23,28-29,34,37-44,46,48-50,52,54-58,60-61,63-73H2,1-3H3/b10-7-,11-8-,18-15-,19-16-,20-17-,26-24-,27-25-,32-30-,33-31-,36-35-,47-45-,53-51-,62-59-. The number of carbonyl (C=O) groups excluding carboxylic acids is 3. The predicted octanol–water partition coefficient (Wildman–Crippen LogP) is 23.7. The fourth-order valence-corrected chi connectivity index (χ4v) is 8.97. The van der Waals surface area contributed by atoms with Gasteiger partial charge in [0.1, 0.15) is 13.2 Å². The molecule has 0 saturated carbocycles. The van der Waals surface area contributed by atoms with Gasteiger partial charge >= 0.3 is 17.9 Å². The Morgan fingerprint density at radius 2 is 0.482 bits per heavy atom. The average molecular weight is 1150 g/mol. The molecule has 0 aromatic carbocycles. The maximum atomic E-state index is 12.9. The van der Waals surface area contributed by atoms with E-state index in [1.807, 2.05) is 0 Å². The average Bonchev–Trinajstić information content (AvgIpc) is 3.48. The molecule has 468 valence electrons. The molecule has 0 saturated heterocycles. The Labute approximate surface area is 511 Å². The smallest absolute Gasteiger partial charge is 0.306 e. The number of hydrogen-bond donors (Lipinski definition) is 0. The summed E-state index contributed by atoms with van der Waals surface area (Å²) in [6.07, 6.45) is 101. The summed E-state index contributed by atoms with van der Waals surface area (Å²) in [5, 5.41) is 0. The lowest BCUT2D eigenvalue weighted by Gasteiger charge is -2.18. The number of hydrogen-bond acceptors (Lipinski definition) is 6. The highest BCUT2D eigenvalue weighted by Gasteiger charge is 2.19. The number of allylic oxidation sites excluding steroid dienone is 26. The fourth-order valence-electron chi connectivity index (χ4n) is 8.97. The highest BCUT2D eigenvalue weighted by Crippen LogP contribution is 2.16. The van der Waals surface area contributed by atoms with Crippen molar-refractivity contribution in [2.45, 2.75) is 297 Å². The Morgan fingerprint density at radius 1 is 0.253 bits per heavy atom. The summed E-state index contributed by atoms with van der Waals surface area (Å²) in [6, 6.07) is 0. The monoisotopic (exact) mass is 1140 g/mol. The topological polar surface area (TPSA) is 78.9 Å². The first-order chi connectivity index (χ1) is 41.0. The summed E-state index contributed by atoms with van der Waals surface area (Å²) in [5.41, 5.74) is 0. The lowest BCUT2D eigenvalue weighted by molar-refractivity contribution is -0.167. The van der Waals surface area contributed by atoms with Crippen molar-refractivity contribution in [2.24, 2.45) is 0 Å². The summed E-state index contributed by atoms with van der Waals surface area (Å²) < 4.78 is 16.9. The van der Waals surface area contributed by atoms with E-state index in [9.17, 15) is 14.4 Å². The number of rotatable bonds is 60. The Hall–Kier alpha value is -4.97. The lowest BCUT2D eigenvalue weighted by Crippen LogP contribution is -2.30. The van der Waals surface area contributed by atoms with Crippen molar-refractivity contribution in [1.29, 1.82) is 0 Å². The van der Waals surface area contributed by atoms with Gasteiger partial charge in [-0.3, -0.25) is 14.4 Å². The molecule has 0 spiro atoms. The number of carbonyl (C=O) groups is 3. The van der Waals surface area contributed by atoms with Crippen molar-refractivity contribution >= 4 is 17.9 Å². The van der Waals surface area contributed by atoms with E-state index in [0.717, 1.165) is 135 Å².